The SMILES string of the molecule is Cc1cc(N2CCC(CS(N)(=O)=O)CC2)cc(C)c1C=CS(=O)(=O)N1CCC2(CC1)N=C(c1cccc(OC(F)(F)F)c1)NC2=O. The second kappa shape index (κ2) is 12.6. The maximum atomic E-state index is 13.3. The Morgan fingerprint density at radius 1 is 1.04 bits per heavy atom. The van der Waals surface area contributed by atoms with E-state index in [0.717, 1.165) is 39.9 Å². The number of alkyl halides is 3. The number of sulfonamides is 2. The predicted octanol–water partition coefficient (Wildman–Crippen LogP) is 3.42. The average molecular weight is 684 g/mol. The summed E-state index contributed by atoms with van der Waals surface area (Å²) in [7, 11) is -7.35. The lowest BCUT2D eigenvalue weighted by Crippen LogP contribution is -2.50. The molecule has 250 valence electrons. The van der Waals surface area contributed by atoms with Crippen LogP contribution in [0.5, 0.6) is 5.75 Å². The van der Waals surface area contributed by atoms with Gasteiger partial charge >= 0.3 is 6.36 Å². The van der Waals surface area contributed by atoms with Crippen molar-refractivity contribution in [1.82, 2.24) is 9.62 Å². The molecule has 0 aliphatic carbocycles. The summed E-state index contributed by atoms with van der Waals surface area (Å²) in [5, 5.41) is 9.00. The normalized spacial score (nSPS) is 19.9. The molecule has 5 rings (SSSR count). The maximum absolute atomic E-state index is 13.3. The van der Waals surface area contributed by atoms with Crippen molar-refractivity contribution in [2.24, 2.45) is 16.0 Å². The average Bonchev–Trinajstić information content (AvgIpc) is 3.26. The maximum Gasteiger partial charge on any atom is 0.573 e. The highest BCUT2D eigenvalue weighted by molar-refractivity contribution is 7.92. The van der Waals surface area contributed by atoms with Gasteiger partial charge in [-0.15, -0.1) is 13.2 Å². The lowest BCUT2D eigenvalue weighted by atomic mass is 9.89. The summed E-state index contributed by atoms with van der Waals surface area (Å²) in [5.41, 5.74) is 2.56. The third kappa shape index (κ3) is 7.90. The number of piperidine rings is 2. The molecule has 0 aromatic heterocycles. The molecule has 2 aromatic carbocycles. The monoisotopic (exact) mass is 683 g/mol. The molecule has 16 heteroatoms. The number of rotatable bonds is 8. The molecule has 2 aromatic rings. The van der Waals surface area contributed by atoms with E-state index < -0.39 is 43.6 Å². The fourth-order valence-corrected chi connectivity index (χ4v) is 8.43. The van der Waals surface area contributed by atoms with E-state index in [1.165, 1.54) is 16.4 Å². The lowest BCUT2D eigenvalue weighted by Gasteiger charge is -2.34. The van der Waals surface area contributed by atoms with Crippen molar-refractivity contribution in [3.05, 3.63) is 64.1 Å². The van der Waals surface area contributed by atoms with Gasteiger partial charge in [0.2, 0.25) is 20.0 Å². The van der Waals surface area contributed by atoms with Crippen molar-refractivity contribution in [3.63, 3.8) is 0 Å². The number of carbonyl (C=O) groups excluding carboxylic acids is 1. The van der Waals surface area contributed by atoms with Gasteiger partial charge in [-0.05, 0) is 92.5 Å². The zero-order chi connectivity index (χ0) is 33.5. The first kappa shape index (κ1) is 33.9. The summed E-state index contributed by atoms with van der Waals surface area (Å²) >= 11 is 0. The first-order valence-corrected chi connectivity index (χ1v) is 18.0. The van der Waals surface area contributed by atoms with Crippen LogP contribution in [-0.4, -0.2) is 76.7 Å². The quantitative estimate of drug-likeness (QED) is 0.433. The molecule has 2 fully saturated rings. The highest BCUT2D eigenvalue weighted by atomic mass is 32.2. The Bertz CT molecular complexity index is 1750. The largest absolute Gasteiger partial charge is 0.573 e. The number of carbonyl (C=O) groups is 1. The van der Waals surface area contributed by atoms with E-state index in [4.69, 9.17) is 5.14 Å². The van der Waals surface area contributed by atoms with E-state index in [-0.39, 0.29) is 49.0 Å². The van der Waals surface area contributed by atoms with Crippen molar-refractivity contribution >= 4 is 43.6 Å². The van der Waals surface area contributed by atoms with Gasteiger partial charge in [-0.2, -0.15) is 4.31 Å². The highest BCUT2D eigenvalue weighted by Gasteiger charge is 2.47. The number of aryl methyl sites for hydroxylation is 2. The standard InChI is InChI=1S/C30H36F3N5O6S2/c1-20-16-24(37-11-6-22(7-12-37)19-45(34,40)41)17-21(2)26(20)8-15-46(42,43)38-13-9-29(10-14-38)28(39)35-27(36-29)23-4-3-5-25(18-23)44-30(31,32)33/h3-5,8,15-18,22H,6-7,9-14,19H2,1-2H3,(H2,34,40,41)(H,35,36,39). The van der Waals surface area contributed by atoms with Crippen LogP contribution in [-0.2, 0) is 24.8 Å². The van der Waals surface area contributed by atoms with Crippen molar-refractivity contribution in [2.45, 2.75) is 51.4 Å². The molecule has 0 unspecified atom stereocenters. The van der Waals surface area contributed by atoms with Crippen LogP contribution in [0.1, 0.15) is 47.9 Å². The number of amidine groups is 1. The molecule has 1 spiro atoms. The van der Waals surface area contributed by atoms with Crippen LogP contribution in [0.3, 0.4) is 0 Å². The van der Waals surface area contributed by atoms with Crippen molar-refractivity contribution in [3.8, 4) is 5.75 Å². The summed E-state index contributed by atoms with van der Waals surface area (Å²) in [6.07, 6.45) is -1.66. The van der Waals surface area contributed by atoms with Crippen molar-refractivity contribution < 1.29 is 39.5 Å². The van der Waals surface area contributed by atoms with E-state index in [0.29, 0.717) is 25.9 Å². The summed E-state index contributed by atoms with van der Waals surface area (Å²) in [6, 6.07) is 9.11. The lowest BCUT2D eigenvalue weighted by molar-refractivity contribution is -0.274. The summed E-state index contributed by atoms with van der Waals surface area (Å²) in [4.78, 5) is 19.7. The topological polar surface area (TPSA) is 151 Å². The third-order valence-electron chi connectivity index (χ3n) is 8.66. The van der Waals surface area contributed by atoms with Gasteiger partial charge in [0.05, 0.1) is 5.75 Å². The fourth-order valence-electron chi connectivity index (χ4n) is 6.27. The molecule has 3 aliphatic heterocycles. The highest BCUT2D eigenvalue weighted by Crippen LogP contribution is 2.34. The third-order valence-corrected chi connectivity index (χ3v) is 11.2. The minimum atomic E-state index is -4.87. The predicted molar refractivity (Wildman–Crippen MR) is 168 cm³/mol. The molecule has 0 atom stereocenters. The van der Waals surface area contributed by atoms with Gasteiger partial charge in [-0.25, -0.2) is 22.0 Å². The van der Waals surface area contributed by atoms with Gasteiger partial charge in [0, 0.05) is 42.8 Å². The summed E-state index contributed by atoms with van der Waals surface area (Å²) in [6.45, 7) is 5.27. The Kier molecular flexibility index (Phi) is 9.29. The van der Waals surface area contributed by atoms with Gasteiger partial charge in [-0.3, -0.25) is 9.79 Å². The zero-order valence-electron chi connectivity index (χ0n) is 25.4. The van der Waals surface area contributed by atoms with Crippen LogP contribution in [0.2, 0.25) is 0 Å². The molecule has 2 saturated heterocycles. The Morgan fingerprint density at radius 2 is 1.67 bits per heavy atom. The molecule has 0 bridgehead atoms. The number of halogens is 3. The number of aliphatic imine (C=N–C) groups is 1. The first-order valence-electron chi connectivity index (χ1n) is 14.8. The van der Waals surface area contributed by atoms with Crippen molar-refractivity contribution in [2.75, 3.05) is 36.8 Å². The van der Waals surface area contributed by atoms with Crippen LogP contribution < -0.4 is 20.1 Å². The Morgan fingerprint density at radius 3 is 2.26 bits per heavy atom. The van der Waals surface area contributed by atoms with Crippen LogP contribution in [0.15, 0.2) is 46.8 Å². The molecule has 3 N–H and O–H groups in total. The number of hydrogen-bond acceptors (Lipinski definition) is 8. The van der Waals surface area contributed by atoms with Crippen LogP contribution >= 0.6 is 0 Å². The van der Waals surface area contributed by atoms with Gasteiger partial charge in [0.25, 0.3) is 5.91 Å². The fraction of sp³-hybridized carbons (Fsp3) is 0.467. The number of ether oxygens (including phenoxy) is 1. The van der Waals surface area contributed by atoms with Gasteiger partial charge < -0.3 is 15.0 Å². The number of hydrogen-bond donors (Lipinski definition) is 2. The van der Waals surface area contributed by atoms with Gasteiger partial charge in [0.1, 0.15) is 17.1 Å². The number of primary sulfonamides is 1. The number of nitrogens with two attached hydrogens (primary N) is 1. The minimum absolute atomic E-state index is 0.0187. The zero-order valence-corrected chi connectivity index (χ0v) is 27.0. The second-order valence-electron chi connectivity index (χ2n) is 12.0. The number of amides is 1. The molecule has 46 heavy (non-hydrogen) atoms. The summed E-state index contributed by atoms with van der Waals surface area (Å²) < 4.78 is 92.7. The Labute approximate surface area is 266 Å². The molecule has 3 aliphatic rings. The van der Waals surface area contributed by atoms with Crippen molar-refractivity contribution in [1.29, 1.82) is 0 Å². The molecule has 11 nitrogen and oxygen atoms in total. The first-order chi connectivity index (χ1) is 21.4. The van der Waals surface area contributed by atoms with E-state index in [1.807, 2.05) is 26.0 Å². The molecule has 3 heterocycles. The van der Waals surface area contributed by atoms with E-state index in [9.17, 15) is 34.8 Å². The molecule has 0 radical (unpaired) electrons. The summed E-state index contributed by atoms with van der Waals surface area (Å²) in [5.74, 6) is -0.761. The number of nitrogens with one attached hydrogen (secondary N) is 1. The second-order valence-corrected chi connectivity index (χ2v) is 15.5. The van der Waals surface area contributed by atoms with Crippen LogP contribution in [0.4, 0.5) is 18.9 Å². The van der Waals surface area contributed by atoms with E-state index in [2.05, 4.69) is 19.9 Å². The molecule has 0 saturated carbocycles. The van der Waals surface area contributed by atoms with E-state index in [1.54, 1.807) is 6.08 Å². The van der Waals surface area contributed by atoms with Crippen LogP contribution in [0, 0.1) is 19.8 Å². The molecular formula is C30H36F3N5O6S2. The van der Waals surface area contributed by atoms with Gasteiger partial charge in [-0.1, -0.05) is 12.1 Å². The van der Waals surface area contributed by atoms with E-state index >= 15 is 0 Å². The Hall–Kier alpha value is -3.47. The smallest absolute Gasteiger partial charge is 0.406 e. The number of anilines is 1. The number of benzene rings is 2. The number of nitrogens with zero attached hydrogens (tertiary/aromatic N) is 3. The van der Waals surface area contributed by atoms with Crippen LogP contribution in [0.25, 0.3) is 6.08 Å². The van der Waals surface area contributed by atoms with Gasteiger partial charge in [0.15, 0.2) is 0 Å². The minimum Gasteiger partial charge on any atom is -0.406 e. The molecule has 1 amide bonds. The molecular weight excluding hydrogens is 647 g/mol. The Balaban J connectivity index is 1.23.